The number of halogens is 1. The number of hydrogen-bond acceptors (Lipinski definition) is 2. The van der Waals surface area contributed by atoms with Crippen molar-refractivity contribution in [3.8, 4) is 0 Å². The minimum atomic E-state index is -1.04. The van der Waals surface area contributed by atoms with Crippen molar-refractivity contribution in [1.82, 2.24) is 0 Å². The molecule has 0 spiro atoms. The van der Waals surface area contributed by atoms with Crippen LogP contribution in [0.15, 0.2) is 18.2 Å². The molecule has 0 aliphatic carbocycles. The van der Waals surface area contributed by atoms with E-state index >= 15 is 0 Å². The summed E-state index contributed by atoms with van der Waals surface area (Å²) in [6.07, 6.45) is 0. The average Bonchev–Trinajstić information content (AvgIpc) is 2.03. The highest BCUT2D eigenvalue weighted by Crippen LogP contribution is 2.18. The number of benzene rings is 1. The first kappa shape index (κ1) is 8.87. The molecule has 3 nitrogen and oxygen atoms in total. The Labute approximate surface area is 74.8 Å². The Kier molecular flexibility index (Phi) is 2.55. The van der Waals surface area contributed by atoms with Crippen LogP contribution in [0.3, 0.4) is 0 Å². The molecule has 0 amide bonds. The highest BCUT2D eigenvalue weighted by molar-refractivity contribution is 6.17. The van der Waals surface area contributed by atoms with Crippen LogP contribution in [0, 0.1) is 0 Å². The average molecular weight is 186 g/mol. The molecule has 0 heterocycles. The van der Waals surface area contributed by atoms with E-state index in [0.29, 0.717) is 5.56 Å². The zero-order chi connectivity index (χ0) is 9.14. The molecular formula is C8H8ClNO2. The molecule has 0 fully saturated rings. The Balaban J connectivity index is 3.29. The van der Waals surface area contributed by atoms with Gasteiger partial charge in [-0.15, -0.1) is 11.6 Å². The molecule has 0 aliphatic heterocycles. The van der Waals surface area contributed by atoms with Crippen molar-refractivity contribution in [2.24, 2.45) is 0 Å². The summed E-state index contributed by atoms with van der Waals surface area (Å²) >= 11 is 5.53. The fourth-order valence-corrected chi connectivity index (χ4v) is 1.21. The SMILES string of the molecule is Nc1cccc(CCl)c1C(=O)O. The Morgan fingerprint density at radius 3 is 2.67 bits per heavy atom. The molecule has 1 aromatic carbocycles. The van der Waals surface area contributed by atoms with Crippen LogP contribution in [0.1, 0.15) is 15.9 Å². The molecule has 0 saturated carbocycles. The van der Waals surface area contributed by atoms with Gasteiger partial charge in [-0.25, -0.2) is 4.79 Å². The van der Waals surface area contributed by atoms with Gasteiger partial charge in [-0.3, -0.25) is 0 Å². The van der Waals surface area contributed by atoms with Crippen LogP contribution < -0.4 is 5.73 Å². The van der Waals surface area contributed by atoms with Gasteiger partial charge < -0.3 is 10.8 Å². The molecule has 1 rings (SSSR count). The van der Waals surface area contributed by atoms with E-state index in [1.807, 2.05) is 0 Å². The van der Waals surface area contributed by atoms with Gasteiger partial charge in [0, 0.05) is 11.6 Å². The number of hydrogen-bond donors (Lipinski definition) is 2. The van der Waals surface area contributed by atoms with Crippen LogP contribution >= 0.6 is 11.6 Å². The number of carboxylic acids is 1. The van der Waals surface area contributed by atoms with Crippen molar-refractivity contribution in [2.75, 3.05) is 5.73 Å². The zero-order valence-electron chi connectivity index (χ0n) is 6.25. The summed E-state index contributed by atoms with van der Waals surface area (Å²) in [5.74, 6) is -0.879. The summed E-state index contributed by atoms with van der Waals surface area (Å²) in [5.41, 5.74) is 6.36. The molecule has 1 aromatic rings. The second-order valence-electron chi connectivity index (χ2n) is 2.32. The van der Waals surface area contributed by atoms with Gasteiger partial charge in [0.05, 0.1) is 5.56 Å². The topological polar surface area (TPSA) is 63.3 Å². The number of nitrogen functional groups attached to an aromatic ring is 1. The lowest BCUT2D eigenvalue weighted by molar-refractivity contribution is 0.0697. The Hall–Kier alpha value is -1.22. The van der Waals surface area contributed by atoms with Crippen LogP contribution in [0.2, 0.25) is 0 Å². The van der Waals surface area contributed by atoms with Crippen LogP contribution in [0.4, 0.5) is 5.69 Å². The van der Waals surface area contributed by atoms with E-state index in [2.05, 4.69) is 0 Å². The van der Waals surface area contributed by atoms with E-state index < -0.39 is 5.97 Å². The van der Waals surface area contributed by atoms with Gasteiger partial charge in [0.1, 0.15) is 0 Å². The predicted molar refractivity (Wildman–Crippen MR) is 47.4 cm³/mol. The van der Waals surface area contributed by atoms with Gasteiger partial charge >= 0.3 is 5.97 Å². The van der Waals surface area contributed by atoms with Crippen molar-refractivity contribution >= 4 is 23.3 Å². The minimum Gasteiger partial charge on any atom is -0.478 e. The molecule has 0 aliphatic rings. The summed E-state index contributed by atoms with van der Waals surface area (Å²) in [7, 11) is 0. The Morgan fingerprint density at radius 2 is 2.25 bits per heavy atom. The minimum absolute atomic E-state index is 0.104. The van der Waals surface area contributed by atoms with Gasteiger partial charge in [0.2, 0.25) is 0 Å². The van der Waals surface area contributed by atoms with Gasteiger partial charge in [-0.2, -0.15) is 0 Å². The summed E-state index contributed by atoms with van der Waals surface area (Å²) < 4.78 is 0. The largest absolute Gasteiger partial charge is 0.478 e. The van der Waals surface area contributed by atoms with E-state index in [-0.39, 0.29) is 17.1 Å². The first-order chi connectivity index (χ1) is 5.66. The number of carboxylic acid groups (broad SMARTS) is 1. The van der Waals surface area contributed by atoms with E-state index in [0.717, 1.165) is 0 Å². The standard InChI is InChI=1S/C8H8ClNO2/c9-4-5-2-1-3-6(10)7(5)8(11)12/h1-3H,4,10H2,(H,11,12). The van der Waals surface area contributed by atoms with Gasteiger partial charge in [0.25, 0.3) is 0 Å². The maximum absolute atomic E-state index is 10.7. The van der Waals surface area contributed by atoms with Crippen LogP contribution in [-0.4, -0.2) is 11.1 Å². The lowest BCUT2D eigenvalue weighted by atomic mass is 10.1. The highest BCUT2D eigenvalue weighted by atomic mass is 35.5. The zero-order valence-corrected chi connectivity index (χ0v) is 7.01. The third kappa shape index (κ3) is 1.51. The molecular weight excluding hydrogens is 178 g/mol. The molecule has 0 atom stereocenters. The molecule has 64 valence electrons. The third-order valence-corrected chi connectivity index (χ3v) is 1.83. The van der Waals surface area contributed by atoms with E-state index in [4.69, 9.17) is 22.4 Å². The monoisotopic (exact) mass is 185 g/mol. The fraction of sp³-hybridized carbons (Fsp3) is 0.125. The van der Waals surface area contributed by atoms with Gasteiger partial charge in [0.15, 0.2) is 0 Å². The van der Waals surface area contributed by atoms with Crippen molar-refractivity contribution in [1.29, 1.82) is 0 Å². The Morgan fingerprint density at radius 1 is 1.58 bits per heavy atom. The molecule has 12 heavy (non-hydrogen) atoms. The van der Waals surface area contributed by atoms with E-state index in [9.17, 15) is 4.79 Å². The van der Waals surface area contributed by atoms with E-state index in [1.54, 1.807) is 18.2 Å². The van der Waals surface area contributed by atoms with Crippen molar-refractivity contribution in [3.63, 3.8) is 0 Å². The van der Waals surface area contributed by atoms with Crippen LogP contribution in [0.25, 0.3) is 0 Å². The van der Waals surface area contributed by atoms with Crippen molar-refractivity contribution in [2.45, 2.75) is 5.88 Å². The summed E-state index contributed by atoms with van der Waals surface area (Å²) in [5, 5.41) is 8.74. The third-order valence-electron chi connectivity index (χ3n) is 1.54. The first-order valence-electron chi connectivity index (χ1n) is 3.33. The number of nitrogens with two attached hydrogens (primary N) is 1. The molecule has 4 heteroatoms. The molecule has 0 saturated heterocycles. The smallest absolute Gasteiger partial charge is 0.338 e. The number of rotatable bonds is 2. The summed E-state index contributed by atoms with van der Waals surface area (Å²) in [4.78, 5) is 10.7. The number of carbonyl (C=O) groups is 1. The molecule has 0 unspecified atom stereocenters. The number of alkyl halides is 1. The molecule has 0 aromatic heterocycles. The molecule has 0 radical (unpaired) electrons. The first-order valence-corrected chi connectivity index (χ1v) is 3.87. The summed E-state index contributed by atoms with van der Waals surface area (Å²) in [6, 6.07) is 4.87. The Bertz CT molecular complexity index is 312. The summed E-state index contributed by atoms with van der Waals surface area (Å²) in [6.45, 7) is 0. The highest BCUT2D eigenvalue weighted by Gasteiger charge is 2.11. The van der Waals surface area contributed by atoms with Crippen molar-refractivity contribution in [3.05, 3.63) is 29.3 Å². The van der Waals surface area contributed by atoms with Gasteiger partial charge in [-0.1, -0.05) is 12.1 Å². The van der Waals surface area contributed by atoms with Crippen LogP contribution in [0.5, 0.6) is 0 Å². The van der Waals surface area contributed by atoms with E-state index in [1.165, 1.54) is 0 Å². The van der Waals surface area contributed by atoms with Crippen LogP contribution in [-0.2, 0) is 5.88 Å². The normalized spacial score (nSPS) is 9.75. The lowest BCUT2D eigenvalue weighted by Crippen LogP contribution is -2.05. The predicted octanol–water partition coefficient (Wildman–Crippen LogP) is 1.71. The second kappa shape index (κ2) is 3.45. The maximum Gasteiger partial charge on any atom is 0.338 e. The number of anilines is 1. The maximum atomic E-state index is 10.7. The quantitative estimate of drug-likeness (QED) is 0.545. The fourth-order valence-electron chi connectivity index (χ4n) is 0.992. The lowest BCUT2D eigenvalue weighted by Gasteiger charge is -2.04. The molecule has 3 N–H and O–H groups in total. The van der Waals surface area contributed by atoms with Gasteiger partial charge in [-0.05, 0) is 11.6 Å². The second-order valence-corrected chi connectivity index (χ2v) is 2.59. The number of aromatic carboxylic acids is 1. The molecule has 0 bridgehead atoms. The van der Waals surface area contributed by atoms with Crippen molar-refractivity contribution < 1.29 is 9.90 Å².